The van der Waals surface area contributed by atoms with Crippen LogP contribution in [0.15, 0.2) is 36.5 Å². The van der Waals surface area contributed by atoms with E-state index in [1.54, 1.807) is 30.5 Å². The molecule has 7 heteroatoms. The van der Waals surface area contributed by atoms with E-state index in [9.17, 15) is 9.59 Å². The summed E-state index contributed by atoms with van der Waals surface area (Å²) in [6.45, 7) is 3.31. The fraction of sp³-hybridized carbons (Fsp3) is 0.316. The summed E-state index contributed by atoms with van der Waals surface area (Å²) in [4.78, 5) is 29.7. The number of rotatable bonds is 5. The van der Waals surface area contributed by atoms with Crippen LogP contribution in [0.3, 0.4) is 0 Å². The van der Waals surface area contributed by atoms with Gasteiger partial charge >= 0.3 is 5.97 Å². The van der Waals surface area contributed by atoms with Crippen LogP contribution in [0, 0.1) is 6.92 Å². The van der Waals surface area contributed by atoms with E-state index < -0.39 is 11.9 Å². The van der Waals surface area contributed by atoms with E-state index in [1.165, 1.54) is 0 Å². The van der Waals surface area contributed by atoms with Crippen LogP contribution in [0.25, 0.3) is 0 Å². The molecule has 0 saturated carbocycles. The van der Waals surface area contributed by atoms with Crippen LogP contribution >= 0.6 is 11.6 Å². The molecule has 1 fully saturated rings. The number of hydrogen-bond acceptors (Lipinski definition) is 4. The van der Waals surface area contributed by atoms with E-state index in [1.807, 2.05) is 13.0 Å². The minimum Gasteiger partial charge on any atom is -0.452 e. The largest absolute Gasteiger partial charge is 0.452 e. The second-order valence-electron chi connectivity index (χ2n) is 6.21. The molecule has 26 heavy (non-hydrogen) atoms. The van der Waals surface area contributed by atoms with Gasteiger partial charge < -0.3 is 10.1 Å². The first-order valence-electron chi connectivity index (χ1n) is 8.53. The predicted molar refractivity (Wildman–Crippen MR) is 99.5 cm³/mol. The van der Waals surface area contributed by atoms with Gasteiger partial charge in [0.05, 0.1) is 19.3 Å². The molecule has 0 radical (unpaired) electrons. The number of amides is 1. The molecule has 2 N–H and O–H groups in total. The summed E-state index contributed by atoms with van der Waals surface area (Å²) in [7, 11) is 0. The fourth-order valence-electron chi connectivity index (χ4n) is 2.87. The van der Waals surface area contributed by atoms with Gasteiger partial charge in [-0.2, -0.15) is 0 Å². The zero-order chi connectivity index (χ0) is 18.5. The van der Waals surface area contributed by atoms with Gasteiger partial charge in [-0.15, -0.1) is 0 Å². The number of aryl methyl sites for hydroxylation is 1. The van der Waals surface area contributed by atoms with Gasteiger partial charge in [0.2, 0.25) is 0 Å². The van der Waals surface area contributed by atoms with E-state index in [0.29, 0.717) is 16.3 Å². The van der Waals surface area contributed by atoms with Crippen molar-refractivity contribution in [1.29, 1.82) is 0 Å². The van der Waals surface area contributed by atoms with Crippen molar-refractivity contribution in [2.24, 2.45) is 0 Å². The van der Waals surface area contributed by atoms with Gasteiger partial charge in [-0.05, 0) is 49.6 Å². The molecular formula is C19H21ClN3O3+. The molecule has 1 aromatic carbocycles. The lowest BCUT2D eigenvalue weighted by molar-refractivity contribution is -0.364. The second-order valence-corrected chi connectivity index (χ2v) is 6.62. The number of aromatic nitrogens is 1. The number of halogens is 1. The van der Waals surface area contributed by atoms with Crippen molar-refractivity contribution in [3.63, 3.8) is 0 Å². The zero-order valence-corrected chi connectivity index (χ0v) is 15.3. The number of nitrogens with zero attached hydrogens (tertiary/aromatic N) is 1. The summed E-state index contributed by atoms with van der Waals surface area (Å²) < 4.78 is 5.19. The van der Waals surface area contributed by atoms with Crippen LogP contribution in [0.2, 0.25) is 5.02 Å². The van der Waals surface area contributed by atoms with Crippen LogP contribution in [0.4, 0.5) is 11.5 Å². The number of hydrogen-bond donors (Lipinski definition) is 1. The van der Waals surface area contributed by atoms with E-state index in [0.717, 1.165) is 37.3 Å². The molecule has 0 aliphatic carbocycles. The number of benzene rings is 1. The Hall–Kier alpha value is -2.60. The van der Waals surface area contributed by atoms with Crippen molar-refractivity contribution < 1.29 is 19.3 Å². The summed E-state index contributed by atoms with van der Waals surface area (Å²) in [5.41, 5.74) is 1.92. The Bertz CT molecular complexity index is 819. The van der Waals surface area contributed by atoms with Gasteiger partial charge in [-0.25, -0.2) is 9.78 Å². The Morgan fingerprint density at radius 3 is 2.77 bits per heavy atom. The van der Waals surface area contributed by atoms with E-state index >= 15 is 0 Å². The third-order valence-electron chi connectivity index (χ3n) is 4.27. The Labute approximate surface area is 157 Å². The predicted octanol–water partition coefficient (Wildman–Crippen LogP) is 2.86. The topological polar surface area (TPSA) is 72.8 Å². The Balaban J connectivity index is 1.60. The minimum atomic E-state index is -0.527. The number of esters is 1. The lowest BCUT2D eigenvalue weighted by atomic mass is 10.2. The average molecular weight is 375 g/mol. The summed E-state index contributed by atoms with van der Waals surface area (Å²) in [5.74, 6) is -0.206. The first-order valence-corrected chi connectivity index (χ1v) is 8.91. The Kier molecular flexibility index (Phi) is 5.73. The third kappa shape index (κ3) is 4.32. The number of H-pyrrole nitrogens is 1. The summed E-state index contributed by atoms with van der Waals surface area (Å²) >= 11 is 6.04. The van der Waals surface area contributed by atoms with Crippen molar-refractivity contribution in [2.45, 2.75) is 19.8 Å². The molecule has 1 saturated heterocycles. The highest BCUT2D eigenvalue weighted by Gasteiger charge is 2.27. The summed E-state index contributed by atoms with van der Waals surface area (Å²) in [6.07, 6.45) is 3.97. The first-order chi connectivity index (χ1) is 12.5. The van der Waals surface area contributed by atoms with Crippen LogP contribution in [-0.2, 0) is 9.53 Å². The molecule has 1 amide bonds. The van der Waals surface area contributed by atoms with Crippen molar-refractivity contribution >= 4 is 35.0 Å². The lowest BCUT2D eigenvalue weighted by Crippen LogP contribution is -2.29. The molecule has 2 aromatic rings. The SMILES string of the molecule is Cc1ccc(NC(=O)COC(=O)c2ccc[nH+]c2N2CCCC2)cc1Cl. The molecular weight excluding hydrogens is 354 g/mol. The highest BCUT2D eigenvalue weighted by Crippen LogP contribution is 2.21. The molecule has 1 aromatic heterocycles. The molecule has 1 aliphatic heterocycles. The van der Waals surface area contributed by atoms with Gasteiger partial charge in [0, 0.05) is 10.7 Å². The van der Waals surface area contributed by atoms with Gasteiger partial charge in [-0.1, -0.05) is 17.7 Å². The molecule has 2 heterocycles. The number of aromatic amines is 1. The number of anilines is 2. The van der Waals surface area contributed by atoms with Crippen LogP contribution in [0.1, 0.15) is 28.8 Å². The zero-order valence-electron chi connectivity index (χ0n) is 14.5. The minimum absolute atomic E-state index is 0.362. The maximum Gasteiger partial charge on any atom is 0.347 e. The molecule has 0 spiro atoms. The van der Waals surface area contributed by atoms with Crippen molar-refractivity contribution in [3.05, 3.63) is 52.7 Å². The number of pyridine rings is 1. The number of nitrogens with one attached hydrogen (secondary N) is 2. The molecule has 0 atom stereocenters. The van der Waals surface area contributed by atoms with Crippen LogP contribution < -0.4 is 15.2 Å². The highest BCUT2D eigenvalue weighted by atomic mass is 35.5. The van der Waals surface area contributed by atoms with E-state index in [-0.39, 0.29) is 6.61 Å². The van der Waals surface area contributed by atoms with E-state index in [2.05, 4.69) is 15.2 Å². The molecule has 3 rings (SSSR count). The maximum absolute atomic E-state index is 12.4. The van der Waals surface area contributed by atoms with Crippen molar-refractivity contribution in [1.82, 2.24) is 0 Å². The maximum atomic E-state index is 12.4. The van der Waals surface area contributed by atoms with Crippen LogP contribution in [0.5, 0.6) is 0 Å². The fourth-order valence-corrected chi connectivity index (χ4v) is 3.05. The molecule has 0 unspecified atom stereocenters. The normalized spacial score (nSPS) is 13.5. The third-order valence-corrected chi connectivity index (χ3v) is 4.67. The van der Waals surface area contributed by atoms with Crippen molar-refractivity contribution in [3.8, 4) is 0 Å². The lowest BCUT2D eigenvalue weighted by Gasteiger charge is -2.12. The molecule has 6 nitrogen and oxygen atoms in total. The first kappa shape index (κ1) is 18.2. The van der Waals surface area contributed by atoms with Crippen molar-refractivity contribution in [2.75, 3.05) is 29.9 Å². The van der Waals surface area contributed by atoms with Gasteiger partial charge in [-0.3, -0.25) is 9.69 Å². The average Bonchev–Trinajstić information content (AvgIpc) is 3.17. The summed E-state index contributed by atoms with van der Waals surface area (Å²) in [6, 6.07) is 8.66. The standard InChI is InChI=1S/C19H20ClN3O3/c1-13-6-7-14(11-16(13)20)22-17(24)12-26-19(25)15-5-4-8-21-18(15)23-9-2-3-10-23/h4-8,11H,2-3,9-10,12H2,1H3,(H,22,24)/p+1. The highest BCUT2D eigenvalue weighted by molar-refractivity contribution is 6.31. The van der Waals surface area contributed by atoms with Gasteiger partial charge in [0.25, 0.3) is 11.7 Å². The quantitative estimate of drug-likeness (QED) is 0.817. The molecule has 1 aliphatic rings. The Morgan fingerprint density at radius 1 is 1.27 bits per heavy atom. The number of carbonyl (C=O) groups excluding carboxylic acids is 2. The number of carbonyl (C=O) groups is 2. The Morgan fingerprint density at radius 2 is 2.04 bits per heavy atom. The summed E-state index contributed by atoms with van der Waals surface area (Å²) in [5, 5.41) is 3.23. The molecule has 0 bridgehead atoms. The second kappa shape index (κ2) is 8.19. The van der Waals surface area contributed by atoms with Crippen LogP contribution in [-0.4, -0.2) is 31.6 Å². The van der Waals surface area contributed by atoms with Gasteiger partial charge in [0.15, 0.2) is 6.61 Å². The van der Waals surface area contributed by atoms with E-state index in [4.69, 9.17) is 16.3 Å². The smallest absolute Gasteiger partial charge is 0.347 e. The molecule has 136 valence electrons. The number of ether oxygens (including phenoxy) is 1. The monoisotopic (exact) mass is 374 g/mol. The van der Waals surface area contributed by atoms with Gasteiger partial charge in [0.1, 0.15) is 5.56 Å².